The summed E-state index contributed by atoms with van der Waals surface area (Å²) >= 11 is 0. The van der Waals surface area contributed by atoms with E-state index >= 15 is 0 Å². The molecule has 0 aromatic heterocycles. The van der Waals surface area contributed by atoms with E-state index in [2.05, 4.69) is 0 Å². The Morgan fingerprint density at radius 1 is 0.833 bits per heavy atom. The first-order valence-electron chi connectivity index (χ1n) is 3.54. The van der Waals surface area contributed by atoms with Gasteiger partial charge in [-0.25, -0.2) is 0 Å². The van der Waals surface area contributed by atoms with E-state index < -0.39 is 0 Å². The minimum Gasteiger partial charge on any atom is -0.507 e. The molecule has 2 aromatic carbocycles. The van der Waals surface area contributed by atoms with Crippen molar-refractivity contribution in [2.45, 2.75) is 0 Å². The van der Waals surface area contributed by atoms with Crippen LogP contribution in [0.4, 0.5) is 0 Å². The molecule has 3 N–H and O–H groups in total. The van der Waals surface area contributed by atoms with Gasteiger partial charge in [-0.3, -0.25) is 0 Å². The van der Waals surface area contributed by atoms with Crippen molar-refractivity contribution >= 4 is 10.8 Å². The average Bonchev–Trinajstić information content (AvgIpc) is 2.06. The number of fused-ring (bicyclic) bond motifs is 1. The Kier molecular flexibility index (Phi) is 2.31. The molecule has 0 saturated carbocycles. The van der Waals surface area contributed by atoms with Crippen LogP contribution >= 0.6 is 0 Å². The Hall–Kier alpha value is -1.54. The minimum absolute atomic E-state index is 0. The summed E-state index contributed by atoms with van der Waals surface area (Å²) in [6, 6.07) is 13.3. The highest BCUT2D eigenvalue weighted by Crippen LogP contribution is 2.22. The summed E-state index contributed by atoms with van der Waals surface area (Å²) in [4.78, 5) is 0. The third-order valence-electron chi connectivity index (χ3n) is 1.77. The fourth-order valence-corrected chi connectivity index (χ4v) is 1.21. The molecule has 0 saturated heterocycles. The van der Waals surface area contributed by atoms with E-state index in [9.17, 15) is 5.11 Å². The Labute approximate surface area is 70.4 Å². The van der Waals surface area contributed by atoms with Gasteiger partial charge in [0.2, 0.25) is 0 Å². The standard InChI is InChI=1S/C10H8O.H2O/c11-10-7-3-5-8-4-1-2-6-9(8)10;/h1-7,11H;1H2. The summed E-state index contributed by atoms with van der Waals surface area (Å²) in [5, 5.41) is 11.4. The average molecular weight is 162 g/mol. The minimum atomic E-state index is 0. The highest BCUT2D eigenvalue weighted by Gasteiger charge is 1.94. The van der Waals surface area contributed by atoms with Crippen LogP contribution in [0.2, 0.25) is 0 Å². The number of phenolic OH excluding ortho intramolecular Hbond substituents is 1. The number of phenols is 1. The quantitative estimate of drug-likeness (QED) is 0.630. The molecule has 2 heteroatoms. The van der Waals surface area contributed by atoms with Gasteiger partial charge in [0, 0.05) is 5.39 Å². The lowest BCUT2D eigenvalue weighted by atomic mass is 10.1. The number of hydrogen-bond acceptors (Lipinski definition) is 1. The first-order valence-corrected chi connectivity index (χ1v) is 3.54. The van der Waals surface area contributed by atoms with Crippen LogP contribution < -0.4 is 0 Å². The molecule has 12 heavy (non-hydrogen) atoms. The van der Waals surface area contributed by atoms with Gasteiger partial charge in [0.15, 0.2) is 0 Å². The Balaban J connectivity index is 0.000000720. The highest BCUT2D eigenvalue weighted by atomic mass is 16.3. The number of aromatic hydroxyl groups is 1. The Morgan fingerprint density at radius 2 is 1.50 bits per heavy atom. The maximum absolute atomic E-state index is 9.37. The first-order chi connectivity index (χ1) is 5.38. The molecule has 0 aliphatic heterocycles. The molecule has 2 nitrogen and oxygen atoms in total. The van der Waals surface area contributed by atoms with Crippen molar-refractivity contribution in [2.24, 2.45) is 0 Å². The molecule has 0 spiro atoms. The van der Waals surface area contributed by atoms with E-state index in [4.69, 9.17) is 0 Å². The zero-order valence-corrected chi connectivity index (χ0v) is 6.49. The fourth-order valence-electron chi connectivity index (χ4n) is 1.21. The smallest absolute Gasteiger partial charge is 0.123 e. The van der Waals surface area contributed by atoms with Crippen molar-refractivity contribution in [1.82, 2.24) is 0 Å². The van der Waals surface area contributed by atoms with E-state index in [0.29, 0.717) is 5.75 Å². The maximum atomic E-state index is 9.37. The van der Waals surface area contributed by atoms with E-state index in [1.165, 1.54) is 0 Å². The molecule has 0 aliphatic carbocycles. The van der Waals surface area contributed by atoms with Gasteiger partial charge in [-0.1, -0.05) is 36.4 Å². The van der Waals surface area contributed by atoms with Gasteiger partial charge in [-0.15, -0.1) is 0 Å². The molecule has 0 aliphatic rings. The molecule has 0 bridgehead atoms. The summed E-state index contributed by atoms with van der Waals surface area (Å²) in [5.41, 5.74) is 0. The van der Waals surface area contributed by atoms with Crippen LogP contribution in [0.25, 0.3) is 10.8 Å². The second-order valence-electron chi connectivity index (χ2n) is 2.50. The van der Waals surface area contributed by atoms with Gasteiger partial charge in [0.05, 0.1) is 0 Å². The predicted molar refractivity (Wildman–Crippen MR) is 49.2 cm³/mol. The lowest BCUT2D eigenvalue weighted by molar-refractivity contribution is 0.481. The first kappa shape index (κ1) is 8.56. The number of hydrogen-bond donors (Lipinski definition) is 1. The van der Waals surface area contributed by atoms with Crippen molar-refractivity contribution in [3.05, 3.63) is 42.5 Å². The highest BCUT2D eigenvalue weighted by molar-refractivity contribution is 5.87. The molecule has 0 fully saturated rings. The lowest BCUT2D eigenvalue weighted by Crippen LogP contribution is -1.70. The van der Waals surface area contributed by atoms with E-state index in [-0.39, 0.29) is 5.48 Å². The molecule has 2 aromatic rings. The Morgan fingerprint density at radius 3 is 2.25 bits per heavy atom. The molecule has 2 rings (SSSR count). The van der Waals surface area contributed by atoms with Crippen molar-refractivity contribution in [2.75, 3.05) is 0 Å². The monoisotopic (exact) mass is 162 g/mol. The SMILES string of the molecule is O.Oc1cccc2ccccc12. The summed E-state index contributed by atoms with van der Waals surface area (Å²) in [6.07, 6.45) is 0. The van der Waals surface area contributed by atoms with Gasteiger partial charge in [0.25, 0.3) is 0 Å². The summed E-state index contributed by atoms with van der Waals surface area (Å²) in [5.74, 6) is 0.350. The molecule has 0 radical (unpaired) electrons. The second-order valence-corrected chi connectivity index (χ2v) is 2.50. The van der Waals surface area contributed by atoms with Crippen LogP contribution in [0, 0.1) is 0 Å². The molecular formula is C10H10O2. The van der Waals surface area contributed by atoms with Gasteiger partial charge in [0.1, 0.15) is 5.75 Å². The van der Waals surface area contributed by atoms with Crippen LogP contribution in [-0.2, 0) is 0 Å². The molecular weight excluding hydrogens is 152 g/mol. The van der Waals surface area contributed by atoms with Crippen molar-refractivity contribution in [1.29, 1.82) is 0 Å². The van der Waals surface area contributed by atoms with Crippen LogP contribution in [0.3, 0.4) is 0 Å². The molecule has 0 heterocycles. The Bertz CT molecular complexity index is 377. The largest absolute Gasteiger partial charge is 0.507 e. The van der Waals surface area contributed by atoms with Gasteiger partial charge < -0.3 is 10.6 Å². The maximum Gasteiger partial charge on any atom is 0.123 e. The topological polar surface area (TPSA) is 51.7 Å². The number of rotatable bonds is 0. The summed E-state index contributed by atoms with van der Waals surface area (Å²) in [7, 11) is 0. The zero-order chi connectivity index (χ0) is 7.68. The van der Waals surface area contributed by atoms with Crippen LogP contribution in [0.1, 0.15) is 0 Å². The summed E-state index contributed by atoms with van der Waals surface area (Å²) in [6.45, 7) is 0. The van der Waals surface area contributed by atoms with Gasteiger partial charge in [-0.05, 0) is 11.5 Å². The van der Waals surface area contributed by atoms with Crippen molar-refractivity contribution < 1.29 is 10.6 Å². The van der Waals surface area contributed by atoms with Gasteiger partial charge in [-0.2, -0.15) is 0 Å². The van der Waals surface area contributed by atoms with Crippen LogP contribution in [-0.4, -0.2) is 10.6 Å². The van der Waals surface area contributed by atoms with Crippen LogP contribution in [0.5, 0.6) is 5.75 Å². The second kappa shape index (κ2) is 3.24. The molecule has 0 atom stereocenters. The van der Waals surface area contributed by atoms with Gasteiger partial charge >= 0.3 is 0 Å². The molecule has 62 valence electrons. The summed E-state index contributed by atoms with van der Waals surface area (Å²) < 4.78 is 0. The third kappa shape index (κ3) is 1.24. The number of benzene rings is 2. The van der Waals surface area contributed by atoms with E-state index in [1.54, 1.807) is 6.07 Å². The van der Waals surface area contributed by atoms with Crippen LogP contribution in [0.15, 0.2) is 42.5 Å². The predicted octanol–water partition coefficient (Wildman–Crippen LogP) is 1.72. The van der Waals surface area contributed by atoms with E-state index in [1.807, 2.05) is 36.4 Å². The van der Waals surface area contributed by atoms with E-state index in [0.717, 1.165) is 10.8 Å². The zero-order valence-electron chi connectivity index (χ0n) is 6.49. The fraction of sp³-hybridized carbons (Fsp3) is 0. The third-order valence-corrected chi connectivity index (χ3v) is 1.77. The van der Waals surface area contributed by atoms with Crippen molar-refractivity contribution in [3.63, 3.8) is 0 Å². The lowest BCUT2D eigenvalue weighted by Gasteiger charge is -1.97. The molecule has 0 amide bonds. The normalized spacial score (nSPS) is 9.33. The molecule has 0 unspecified atom stereocenters. The van der Waals surface area contributed by atoms with Crippen molar-refractivity contribution in [3.8, 4) is 5.75 Å².